The van der Waals surface area contributed by atoms with Crippen molar-refractivity contribution >= 4 is 11.9 Å². The van der Waals surface area contributed by atoms with Crippen molar-refractivity contribution in [3.8, 4) is 0 Å². The van der Waals surface area contributed by atoms with Gasteiger partial charge in [-0.2, -0.15) is 5.10 Å². The topological polar surface area (TPSA) is 67.2 Å². The summed E-state index contributed by atoms with van der Waals surface area (Å²) in [6, 6.07) is 8.63. The van der Waals surface area contributed by atoms with Crippen LogP contribution in [0.1, 0.15) is 31.0 Å². The lowest BCUT2D eigenvalue weighted by Gasteiger charge is -2.42. The van der Waals surface area contributed by atoms with Gasteiger partial charge in [0.05, 0.1) is 30.7 Å². The van der Waals surface area contributed by atoms with E-state index in [2.05, 4.69) is 10.4 Å². The number of hydrogen-bond donors (Lipinski definition) is 1. The second-order valence-corrected chi connectivity index (χ2v) is 6.71. The molecule has 1 N–H and O–H groups in total. The third-order valence-electron chi connectivity index (χ3n) is 4.50. The Bertz CT molecular complexity index is 772. The highest BCUT2D eigenvalue weighted by molar-refractivity contribution is 6.00. The number of carbonyl (C=O) groups is 2. The van der Waals surface area contributed by atoms with Crippen molar-refractivity contribution in [1.29, 1.82) is 0 Å². The van der Waals surface area contributed by atoms with Crippen LogP contribution in [-0.4, -0.2) is 33.3 Å². The summed E-state index contributed by atoms with van der Waals surface area (Å²) in [6.45, 7) is 3.40. The van der Waals surface area contributed by atoms with E-state index in [0.717, 1.165) is 5.56 Å². The summed E-state index contributed by atoms with van der Waals surface area (Å²) in [7, 11) is 0. The summed E-state index contributed by atoms with van der Waals surface area (Å²) in [4.78, 5) is 26.7. The fourth-order valence-electron chi connectivity index (χ4n) is 3.11. The Morgan fingerprint density at radius 1 is 1.24 bits per heavy atom. The van der Waals surface area contributed by atoms with Crippen LogP contribution >= 0.6 is 0 Å². The first-order valence-electron chi connectivity index (χ1n) is 8.18. The number of aryl methyl sites for hydroxylation is 1. The van der Waals surface area contributed by atoms with Crippen LogP contribution in [0.3, 0.4) is 0 Å². The molecule has 132 valence electrons. The van der Waals surface area contributed by atoms with Crippen LogP contribution in [0.4, 0.5) is 9.18 Å². The first-order chi connectivity index (χ1) is 11.9. The summed E-state index contributed by atoms with van der Waals surface area (Å²) in [5, 5.41) is 6.96. The van der Waals surface area contributed by atoms with E-state index in [0.29, 0.717) is 5.56 Å². The Kier molecular flexibility index (Phi) is 4.57. The highest BCUT2D eigenvalue weighted by atomic mass is 19.1. The molecule has 1 saturated heterocycles. The molecular formula is C18H21FN4O2. The van der Waals surface area contributed by atoms with Crippen molar-refractivity contribution in [3.63, 3.8) is 0 Å². The molecule has 1 aromatic heterocycles. The van der Waals surface area contributed by atoms with Crippen molar-refractivity contribution in [3.05, 3.63) is 53.9 Å². The molecular weight excluding hydrogens is 323 g/mol. The Morgan fingerprint density at radius 2 is 1.96 bits per heavy atom. The van der Waals surface area contributed by atoms with E-state index < -0.39 is 18.1 Å². The van der Waals surface area contributed by atoms with Gasteiger partial charge in [0.1, 0.15) is 6.67 Å². The van der Waals surface area contributed by atoms with E-state index >= 15 is 0 Å². The van der Waals surface area contributed by atoms with Gasteiger partial charge in [-0.3, -0.25) is 14.4 Å². The summed E-state index contributed by atoms with van der Waals surface area (Å²) >= 11 is 0. The molecule has 0 radical (unpaired) electrons. The quantitative estimate of drug-likeness (QED) is 0.907. The fourth-order valence-corrected chi connectivity index (χ4v) is 3.11. The van der Waals surface area contributed by atoms with Crippen LogP contribution in [0, 0.1) is 5.41 Å². The van der Waals surface area contributed by atoms with Gasteiger partial charge in [-0.1, -0.05) is 30.3 Å². The van der Waals surface area contributed by atoms with Crippen LogP contribution in [0.25, 0.3) is 0 Å². The lowest BCUT2D eigenvalue weighted by Crippen LogP contribution is -2.59. The van der Waals surface area contributed by atoms with E-state index in [4.69, 9.17) is 0 Å². The molecule has 6 nitrogen and oxygen atoms in total. The predicted molar refractivity (Wildman–Crippen MR) is 90.2 cm³/mol. The number of hydrogen-bond acceptors (Lipinski definition) is 3. The van der Waals surface area contributed by atoms with Crippen LogP contribution in [0.5, 0.6) is 0 Å². The second-order valence-electron chi connectivity index (χ2n) is 6.71. The zero-order valence-corrected chi connectivity index (χ0v) is 14.3. The van der Waals surface area contributed by atoms with Crippen LogP contribution in [0.2, 0.25) is 0 Å². The molecule has 2 aromatic rings. The molecule has 0 aliphatic carbocycles. The number of halogens is 1. The molecule has 7 heteroatoms. The maximum atomic E-state index is 13.0. The van der Waals surface area contributed by atoms with Gasteiger partial charge in [-0.25, -0.2) is 9.18 Å². The second kappa shape index (κ2) is 6.66. The number of rotatable bonds is 5. The number of benzene rings is 1. The minimum Gasteiger partial charge on any atom is -0.330 e. The normalized spacial score (nSPS) is 19.8. The molecule has 1 aliphatic rings. The van der Waals surface area contributed by atoms with Crippen molar-refractivity contribution < 1.29 is 14.0 Å². The van der Waals surface area contributed by atoms with E-state index in [1.807, 2.05) is 44.2 Å². The predicted octanol–water partition coefficient (Wildman–Crippen LogP) is 2.67. The SMILES string of the molecule is CC1(C)C(=O)N(Cc2cnn(CCF)c2)C(=O)NC1c1ccccc1. The molecule has 1 unspecified atom stereocenters. The zero-order valence-electron chi connectivity index (χ0n) is 14.3. The number of imide groups is 1. The van der Waals surface area contributed by atoms with Gasteiger partial charge >= 0.3 is 6.03 Å². The molecule has 3 rings (SSSR count). The Labute approximate surface area is 145 Å². The Hall–Kier alpha value is -2.70. The molecule has 0 saturated carbocycles. The van der Waals surface area contributed by atoms with E-state index in [-0.39, 0.29) is 25.0 Å². The van der Waals surface area contributed by atoms with Gasteiger partial charge in [0.2, 0.25) is 5.91 Å². The monoisotopic (exact) mass is 344 g/mol. The first kappa shape index (κ1) is 17.1. The highest BCUT2D eigenvalue weighted by Crippen LogP contribution is 2.38. The van der Waals surface area contributed by atoms with E-state index in [9.17, 15) is 14.0 Å². The fraction of sp³-hybridized carbons (Fsp3) is 0.389. The van der Waals surface area contributed by atoms with Crippen LogP contribution in [-0.2, 0) is 17.9 Å². The summed E-state index contributed by atoms with van der Waals surface area (Å²) < 4.78 is 13.8. The van der Waals surface area contributed by atoms with E-state index in [1.165, 1.54) is 9.58 Å². The minimum absolute atomic E-state index is 0.113. The molecule has 1 fully saturated rings. The maximum Gasteiger partial charge on any atom is 0.324 e. The molecule has 0 spiro atoms. The Morgan fingerprint density at radius 3 is 2.64 bits per heavy atom. The average molecular weight is 344 g/mol. The molecule has 1 aliphatic heterocycles. The summed E-state index contributed by atoms with van der Waals surface area (Å²) in [5.41, 5.74) is 0.792. The van der Waals surface area contributed by atoms with Crippen molar-refractivity contribution in [2.24, 2.45) is 5.41 Å². The lowest BCUT2D eigenvalue weighted by molar-refractivity contribution is -0.141. The third-order valence-corrected chi connectivity index (χ3v) is 4.50. The van der Waals surface area contributed by atoms with Crippen LogP contribution < -0.4 is 5.32 Å². The van der Waals surface area contributed by atoms with Gasteiger partial charge in [0.15, 0.2) is 0 Å². The van der Waals surface area contributed by atoms with Gasteiger partial charge in [-0.05, 0) is 19.4 Å². The minimum atomic E-state index is -0.788. The first-order valence-corrected chi connectivity index (χ1v) is 8.18. The Balaban J connectivity index is 1.81. The number of nitrogens with zero attached hydrogens (tertiary/aromatic N) is 3. The number of carbonyl (C=O) groups excluding carboxylic acids is 2. The van der Waals surface area contributed by atoms with Gasteiger partial charge < -0.3 is 5.32 Å². The lowest BCUT2D eigenvalue weighted by atomic mass is 9.77. The van der Waals surface area contributed by atoms with E-state index in [1.54, 1.807) is 12.4 Å². The molecule has 25 heavy (non-hydrogen) atoms. The number of nitrogens with one attached hydrogen (secondary N) is 1. The number of urea groups is 1. The number of amides is 3. The molecule has 0 bridgehead atoms. The largest absolute Gasteiger partial charge is 0.330 e. The van der Waals surface area contributed by atoms with Crippen LogP contribution in [0.15, 0.2) is 42.7 Å². The smallest absolute Gasteiger partial charge is 0.324 e. The van der Waals surface area contributed by atoms with Crippen molar-refractivity contribution in [1.82, 2.24) is 20.0 Å². The average Bonchev–Trinajstić information content (AvgIpc) is 3.04. The van der Waals surface area contributed by atoms with Gasteiger partial charge in [-0.15, -0.1) is 0 Å². The standard InChI is InChI=1S/C18H21FN4O2/c1-18(2)15(14-6-4-3-5-7-14)21-17(25)23(16(18)24)12-13-10-20-22(11-13)9-8-19/h3-7,10-11,15H,8-9,12H2,1-2H3,(H,21,25). The maximum absolute atomic E-state index is 13.0. The third kappa shape index (κ3) is 3.26. The molecule has 2 heterocycles. The van der Waals surface area contributed by atoms with Gasteiger partial charge in [0.25, 0.3) is 0 Å². The highest BCUT2D eigenvalue weighted by Gasteiger charge is 2.47. The van der Waals surface area contributed by atoms with Crippen molar-refractivity contribution in [2.45, 2.75) is 33.0 Å². The van der Waals surface area contributed by atoms with Gasteiger partial charge in [0, 0.05) is 11.8 Å². The number of alkyl halides is 1. The summed E-state index contributed by atoms with van der Waals surface area (Å²) in [5.74, 6) is -0.247. The molecule has 1 atom stereocenters. The van der Waals surface area contributed by atoms with Crippen molar-refractivity contribution in [2.75, 3.05) is 6.67 Å². The molecule has 3 amide bonds. The molecule has 1 aromatic carbocycles. The summed E-state index contributed by atoms with van der Waals surface area (Å²) in [6.07, 6.45) is 3.20. The number of aromatic nitrogens is 2. The zero-order chi connectivity index (χ0) is 18.0.